The predicted molar refractivity (Wildman–Crippen MR) is 54.3 cm³/mol. The van der Waals surface area contributed by atoms with Gasteiger partial charge in [-0.15, -0.1) is 16.9 Å². The highest BCUT2D eigenvalue weighted by molar-refractivity contribution is 7.98. The number of nitrogens with zero attached hydrogens (tertiary/aromatic N) is 1. The monoisotopic (exact) mass is 208 g/mol. The molecule has 1 aromatic heterocycles. The van der Waals surface area contributed by atoms with E-state index in [9.17, 15) is 4.79 Å². The van der Waals surface area contributed by atoms with Gasteiger partial charge in [-0.05, 0) is 18.4 Å². The van der Waals surface area contributed by atoms with Crippen LogP contribution >= 0.6 is 11.8 Å². The summed E-state index contributed by atoms with van der Waals surface area (Å²) in [6.45, 7) is 0. The number of hydrogen-bond acceptors (Lipinski definition) is 4. The first kappa shape index (κ1) is 9.08. The van der Waals surface area contributed by atoms with Crippen LogP contribution < -0.4 is 5.76 Å². The van der Waals surface area contributed by atoms with E-state index in [-0.39, 0.29) is 0 Å². The van der Waals surface area contributed by atoms with Gasteiger partial charge in [0.2, 0.25) is 5.89 Å². The molecule has 0 radical (unpaired) electrons. The molecule has 14 heavy (non-hydrogen) atoms. The van der Waals surface area contributed by atoms with Crippen molar-refractivity contribution >= 4 is 11.8 Å². The maximum Gasteiger partial charge on any atom is 0.434 e. The average molecular weight is 208 g/mol. The van der Waals surface area contributed by atoms with Gasteiger partial charge >= 0.3 is 5.76 Å². The summed E-state index contributed by atoms with van der Waals surface area (Å²) in [5, 5.41) is 6.01. The second kappa shape index (κ2) is 3.71. The summed E-state index contributed by atoms with van der Waals surface area (Å²) in [6.07, 6.45) is 1.96. The lowest BCUT2D eigenvalue weighted by atomic mass is 10.2. The van der Waals surface area contributed by atoms with Gasteiger partial charge in [-0.3, -0.25) is 0 Å². The molecule has 1 N–H and O–H groups in total. The molecule has 72 valence electrons. The summed E-state index contributed by atoms with van der Waals surface area (Å²) in [5.41, 5.74) is 0.832. The fraction of sp³-hybridized carbons (Fsp3) is 0.111. The van der Waals surface area contributed by atoms with E-state index in [0.717, 1.165) is 10.5 Å². The van der Waals surface area contributed by atoms with Crippen molar-refractivity contribution in [1.82, 2.24) is 10.2 Å². The number of thioether (sulfide) groups is 1. The van der Waals surface area contributed by atoms with Crippen LogP contribution in [0.25, 0.3) is 11.5 Å². The SMILES string of the molecule is CSc1ccccc1-c1n[nH]c(=O)o1. The Labute approximate surface area is 84.3 Å². The highest BCUT2D eigenvalue weighted by atomic mass is 32.2. The molecule has 0 aliphatic carbocycles. The lowest BCUT2D eigenvalue weighted by Gasteiger charge is -2.00. The third kappa shape index (κ3) is 1.58. The minimum Gasteiger partial charge on any atom is -0.388 e. The van der Waals surface area contributed by atoms with E-state index >= 15 is 0 Å². The molecule has 0 unspecified atom stereocenters. The lowest BCUT2D eigenvalue weighted by Crippen LogP contribution is -1.93. The Morgan fingerprint density at radius 1 is 1.43 bits per heavy atom. The molecule has 2 rings (SSSR count). The second-order valence-electron chi connectivity index (χ2n) is 2.62. The van der Waals surface area contributed by atoms with Gasteiger partial charge in [0.25, 0.3) is 0 Å². The molecule has 0 spiro atoms. The summed E-state index contributed by atoms with van der Waals surface area (Å²) in [4.78, 5) is 11.8. The molecule has 0 atom stereocenters. The van der Waals surface area contributed by atoms with Crippen molar-refractivity contribution in [3.63, 3.8) is 0 Å². The first-order valence-electron chi connectivity index (χ1n) is 4.00. The zero-order valence-corrected chi connectivity index (χ0v) is 8.30. The van der Waals surface area contributed by atoms with Gasteiger partial charge in [0.1, 0.15) is 0 Å². The van der Waals surface area contributed by atoms with E-state index in [2.05, 4.69) is 10.2 Å². The topological polar surface area (TPSA) is 58.9 Å². The van der Waals surface area contributed by atoms with Gasteiger partial charge in [-0.2, -0.15) is 0 Å². The van der Waals surface area contributed by atoms with Crippen LogP contribution in [0.3, 0.4) is 0 Å². The van der Waals surface area contributed by atoms with E-state index in [4.69, 9.17) is 4.42 Å². The normalized spacial score (nSPS) is 10.4. The Morgan fingerprint density at radius 3 is 2.86 bits per heavy atom. The Hall–Kier alpha value is -1.49. The molecule has 0 saturated heterocycles. The smallest absolute Gasteiger partial charge is 0.388 e. The lowest BCUT2D eigenvalue weighted by molar-refractivity contribution is 0.526. The van der Waals surface area contributed by atoms with Crippen LogP contribution in [0.4, 0.5) is 0 Å². The number of hydrogen-bond donors (Lipinski definition) is 1. The maximum absolute atomic E-state index is 10.8. The van der Waals surface area contributed by atoms with Crippen molar-refractivity contribution in [2.45, 2.75) is 4.90 Å². The van der Waals surface area contributed by atoms with Crippen LogP contribution in [-0.2, 0) is 0 Å². The van der Waals surface area contributed by atoms with Gasteiger partial charge in [0.05, 0.1) is 5.56 Å². The number of H-pyrrole nitrogens is 1. The number of nitrogens with one attached hydrogen (secondary N) is 1. The third-order valence-corrected chi connectivity index (χ3v) is 2.57. The van der Waals surface area contributed by atoms with Crippen molar-refractivity contribution < 1.29 is 4.42 Å². The van der Waals surface area contributed by atoms with E-state index in [0.29, 0.717) is 5.89 Å². The average Bonchev–Trinajstić information content (AvgIpc) is 2.65. The molecule has 5 heteroatoms. The first-order chi connectivity index (χ1) is 6.81. The number of rotatable bonds is 2. The molecule has 0 fully saturated rings. The van der Waals surface area contributed by atoms with Crippen molar-refractivity contribution in [1.29, 1.82) is 0 Å². The predicted octanol–water partition coefficient (Wildman–Crippen LogP) is 1.75. The quantitative estimate of drug-likeness (QED) is 0.764. The highest BCUT2D eigenvalue weighted by Gasteiger charge is 2.08. The van der Waals surface area contributed by atoms with Gasteiger partial charge in [0.15, 0.2) is 0 Å². The molecule has 1 heterocycles. The van der Waals surface area contributed by atoms with E-state index in [1.54, 1.807) is 11.8 Å². The largest absolute Gasteiger partial charge is 0.434 e. The van der Waals surface area contributed by atoms with Crippen LogP contribution in [-0.4, -0.2) is 16.5 Å². The molecule has 0 saturated carbocycles. The van der Waals surface area contributed by atoms with E-state index in [1.165, 1.54) is 0 Å². The zero-order chi connectivity index (χ0) is 9.97. The van der Waals surface area contributed by atoms with E-state index in [1.807, 2.05) is 30.5 Å². The van der Waals surface area contributed by atoms with Crippen LogP contribution in [0, 0.1) is 0 Å². The molecule has 2 aromatic rings. The van der Waals surface area contributed by atoms with Crippen LogP contribution in [0.5, 0.6) is 0 Å². The van der Waals surface area contributed by atoms with Crippen molar-refractivity contribution in [3.05, 3.63) is 34.8 Å². The van der Waals surface area contributed by atoms with Gasteiger partial charge in [0, 0.05) is 4.90 Å². The minimum absolute atomic E-state index is 0.333. The third-order valence-electron chi connectivity index (χ3n) is 1.78. The Kier molecular flexibility index (Phi) is 2.41. The molecule has 0 bridgehead atoms. The highest BCUT2D eigenvalue weighted by Crippen LogP contribution is 2.27. The fourth-order valence-corrected chi connectivity index (χ4v) is 1.76. The second-order valence-corrected chi connectivity index (χ2v) is 3.47. The van der Waals surface area contributed by atoms with Crippen LogP contribution in [0.2, 0.25) is 0 Å². The summed E-state index contributed by atoms with van der Waals surface area (Å²) in [6, 6.07) is 7.63. The number of aromatic amines is 1. The first-order valence-corrected chi connectivity index (χ1v) is 5.22. The molecule has 0 aliphatic heterocycles. The van der Waals surface area contributed by atoms with Crippen molar-refractivity contribution in [3.8, 4) is 11.5 Å². The minimum atomic E-state index is -0.532. The van der Waals surface area contributed by atoms with Gasteiger partial charge in [-0.25, -0.2) is 9.89 Å². The van der Waals surface area contributed by atoms with Gasteiger partial charge in [-0.1, -0.05) is 12.1 Å². The van der Waals surface area contributed by atoms with Crippen molar-refractivity contribution in [2.75, 3.05) is 6.26 Å². The Morgan fingerprint density at radius 2 is 2.21 bits per heavy atom. The molecule has 0 amide bonds. The van der Waals surface area contributed by atoms with E-state index < -0.39 is 5.76 Å². The van der Waals surface area contributed by atoms with Crippen LogP contribution in [0.1, 0.15) is 0 Å². The summed E-state index contributed by atoms with van der Waals surface area (Å²) < 4.78 is 4.88. The van der Waals surface area contributed by atoms with Crippen LogP contribution in [0.15, 0.2) is 38.4 Å². The summed E-state index contributed by atoms with van der Waals surface area (Å²) in [7, 11) is 0. The maximum atomic E-state index is 10.8. The molecular formula is C9H8N2O2S. The molecular weight excluding hydrogens is 200 g/mol. The zero-order valence-electron chi connectivity index (χ0n) is 7.48. The molecule has 1 aromatic carbocycles. The van der Waals surface area contributed by atoms with Gasteiger partial charge < -0.3 is 4.42 Å². The Bertz CT molecular complexity index is 489. The molecule has 4 nitrogen and oxygen atoms in total. The summed E-state index contributed by atoms with van der Waals surface area (Å²) in [5.74, 6) is -0.198. The van der Waals surface area contributed by atoms with Crippen molar-refractivity contribution in [2.24, 2.45) is 0 Å². The molecule has 0 aliphatic rings. The fourth-order valence-electron chi connectivity index (χ4n) is 1.17. The standard InChI is InChI=1S/C9H8N2O2S/c1-14-7-5-3-2-4-6(7)8-10-11-9(12)13-8/h2-5H,1H3,(H,11,12). The summed E-state index contributed by atoms with van der Waals surface area (Å²) >= 11 is 1.58. The Balaban J connectivity index is 2.55. The number of benzene rings is 1. The number of aromatic nitrogens is 2.